The molecular weight excluding hydrogens is 264 g/mol. The topological polar surface area (TPSA) is 24.9 Å². The van der Waals surface area contributed by atoms with Crippen molar-refractivity contribution >= 4 is 11.3 Å². The molecule has 0 saturated carbocycles. The molecular formula is C17H24N2S. The van der Waals surface area contributed by atoms with Crippen LogP contribution in [0.2, 0.25) is 0 Å². The molecule has 1 atom stereocenters. The van der Waals surface area contributed by atoms with E-state index >= 15 is 0 Å². The predicted molar refractivity (Wildman–Crippen MR) is 88.3 cm³/mol. The van der Waals surface area contributed by atoms with Gasteiger partial charge in [0.25, 0.3) is 0 Å². The lowest BCUT2D eigenvalue weighted by molar-refractivity contribution is 0.561. The molecule has 3 heteroatoms. The van der Waals surface area contributed by atoms with Gasteiger partial charge in [-0.05, 0) is 31.4 Å². The predicted octanol–water partition coefficient (Wildman–Crippen LogP) is 4.99. The zero-order valence-corrected chi connectivity index (χ0v) is 13.6. The zero-order chi connectivity index (χ0) is 14.5. The number of nitrogens with one attached hydrogen (secondary N) is 1. The van der Waals surface area contributed by atoms with Crippen molar-refractivity contribution in [1.82, 2.24) is 10.3 Å². The van der Waals surface area contributed by atoms with Gasteiger partial charge in [0.05, 0.1) is 5.69 Å². The van der Waals surface area contributed by atoms with Gasteiger partial charge >= 0.3 is 0 Å². The van der Waals surface area contributed by atoms with Gasteiger partial charge in [-0.2, -0.15) is 0 Å². The van der Waals surface area contributed by atoms with E-state index in [1.807, 2.05) is 0 Å². The second-order valence-corrected chi connectivity index (χ2v) is 6.39. The van der Waals surface area contributed by atoms with Crippen LogP contribution in [0.4, 0.5) is 0 Å². The molecule has 0 bridgehead atoms. The molecule has 1 aromatic carbocycles. The van der Waals surface area contributed by atoms with Crippen LogP contribution in [-0.2, 0) is 0 Å². The van der Waals surface area contributed by atoms with Crippen LogP contribution in [0.1, 0.15) is 57.3 Å². The lowest BCUT2D eigenvalue weighted by atomic mass is 10.0. The molecule has 1 unspecified atom stereocenters. The van der Waals surface area contributed by atoms with Gasteiger partial charge in [-0.3, -0.25) is 0 Å². The molecule has 0 amide bonds. The molecule has 2 nitrogen and oxygen atoms in total. The van der Waals surface area contributed by atoms with Gasteiger partial charge in [0.15, 0.2) is 0 Å². The lowest BCUT2D eigenvalue weighted by Gasteiger charge is -2.09. The van der Waals surface area contributed by atoms with Crippen molar-refractivity contribution < 1.29 is 0 Å². The van der Waals surface area contributed by atoms with E-state index in [1.165, 1.54) is 11.1 Å². The van der Waals surface area contributed by atoms with E-state index in [9.17, 15) is 0 Å². The molecule has 0 saturated heterocycles. The Morgan fingerprint density at radius 3 is 2.45 bits per heavy atom. The number of thiazole rings is 1. The molecule has 0 aliphatic heterocycles. The number of benzene rings is 1. The van der Waals surface area contributed by atoms with Crippen molar-refractivity contribution in [3.63, 3.8) is 0 Å². The van der Waals surface area contributed by atoms with E-state index in [0.29, 0.717) is 12.0 Å². The summed E-state index contributed by atoms with van der Waals surface area (Å²) in [6, 6.07) is 9.11. The Labute approximate surface area is 126 Å². The van der Waals surface area contributed by atoms with Crippen LogP contribution < -0.4 is 5.32 Å². The highest BCUT2D eigenvalue weighted by Crippen LogP contribution is 2.27. The average molecular weight is 288 g/mol. The number of hydrogen-bond acceptors (Lipinski definition) is 3. The van der Waals surface area contributed by atoms with Crippen LogP contribution in [0.15, 0.2) is 29.6 Å². The van der Waals surface area contributed by atoms with Crippen molar-refractivity contribution in [2.24, 2.45) is 0 Å². The molecule has 0 spiro atoms. The molecule has 2 aromatic rings. The van der Waals surface area contributed by atoms with Crippen LogP contribution in [0.5, 0.6) is 0 Å². The van der Waals surface area contributed by atoms with Gasteiger partial charge in [0.1, 0.15) is 5.01 Å². The van der Waals surface area contributed by atoms with Gasteiger partial charge in [-0.1, -0.05) is 45.0 Å². The zero-order valence-electron chi connectivity index (χ0n) is 12.8. The third kappa shape index (κ3) is 3.68. The van der Waals surface area contributed by atoms with Gasteiger partial charge < -0.3 is 5.32 Å². The van der Waals surface area contributed by atoms with Gasteiger partial charge in [-0.15, -0.1) is 11.3 Å². The summed E-state index contributed by atoms with van der Waals surface area (Å²) >= 11 is 1.73. The summed E-state index contributed by atoms with van der Waals surface area (Å²) in [4.78, 5) is 4.76. The number of aromatic nitrogens is 1. The lowest BCUT2D eigenvalue weighted by Crippen LogP contribution is -2.19. The third-order valence-electron chi connectivity index (χ3n) is 3.49. The Bertz CT molecular complexity index is 528. The molecule has 1 heterocycles. The van der Waals surface area contributed by atoms with Crippen LogP contribution in [0, 0.1) is 0 Å². The molecule has 0 fully saturated rings. The van der Waals surface area contributed by atoms with Crippen LogP contribution in [0.3, 0.4) is 0 Å². The first-order valence-corrected chi connectivity index (χ1v) is 8.29. The molecule has 0 aliphatic rings. The Kier molecular flexibility index (Phi) is 5.32. The highest BCUT2D eigenvalue weighted by molar-refractivity contribution is 7.13. The van der Waals surface area contributed by atoms with Gasteiger partial charge in [0, 0.05) is 17.0 Å². The summed E-state index contributed by atoms with van der Waals surface area (Å²) in [6.45, 7) is 9.84. The summed E-state index contributed by atoms with van der Waals surface area (Å²) < 4.78 is 0. The van der Waals surface area contributed by atoms with E-state index in [-0.39, 0.29) is 0 Å². The maximum Gasteiger partial charge on any atom is 0.123 e. The standard InChI is InChI=1S/C17H24N2S/c1-5-10-18-13(4)16-11-20-17(19-16)15-8-6-14(7-9-15)12(2)3/h6-9,11-13,18H,5,10H2,1-4H3. The second-order valence-electron chi connectivity index (χ2n) is 5.53. The van der Waals surface area contributed by atoms with Crippen molar-refractivity contribution in [2.45, 2.75) is 46.1 Å². The molecule has 0 radical (unpaired) electrons. The smallest absolute Gasteiger partial charge is 0.123 e. The Balaban J connectivity index is 2.11. The fourth-order valence-corrected chi connectivity index (χ4v) is 3.01. The summed E-state index contributed by atoms with van der Waals surface area (Å²) in [7, 11) is 0. The molecule has 1 aromatic heterocycles. The molecule has 1 N–H and O–H groups in total. The second kappa shape index (κ2) is 7.00. The number of hydrogen-bond donors (Lipinski definition) is 1. The number of rotatable bonds is 6. The van der Waals surface area contributed by atoms with E-state index in [0.717, 1.165) is 23.7 Å². The van der Waals surface area contributed by atoms with E-state index in [1.54, 1.807) is 11.3 Å². The summed E-state index contributed by atoms with van der Waals surface area (Å²) in [5.41, 5.74) is 3.74. The Morgan fingerprint density at radius 1 is 1.15 bits per heavy atom. The highest BCUT2D eigenvalue weighted by Gasteiger charge is 2.10. The average Bonchev–Trinajstić information content (AvgIpc) is 2.94. The van der Waals surface area contributed by atoms with E-state index in [2.05, 4.69) is 62.7 Å². The van der Waals surface area contributed by atoms with E-state index in [4.69, 9.17) is 4.98 Å². The van der Waals surface area contributed by atoms with E-state index < -0.39 is 0 Å². The van der Waals surface area contributed by atoms with Crippen LogP contribution in [0.25, 0.3) is 10.6 Å². The summed E-state index contributed by atoms with van der Waals surface area (Å²) in [6.07, 6.45) is 1.15. The highest BCUT2D eigenvalue weighted by atomic mass is 32.1. The summed E-state index contributed by atoms with van der Waals surface area (Å²) in [5, 5.41) is 6.76. The minimum atomic E-state index is 0.329. The van der Waals surface area contributed by atoms with Gasteiger partial charge in [0.2, 0.25) is 0 Å². The quantitative estimate of drug-likeness (QED) is 0.809. The fraction of sp³-hybridized carbons (Fsp3) is 0.471. The Hall–Kier alpha value is -1.19. The normalized spacial score (nSPS) is 12.8. The van der Waals surface area contributed by atoms with Crippen molar-refractivity contribution in [3.8, 4) is 10.6 Å². The van der Waals surface area contributed by atoms with Crippen molar-refractivity contribution in [2.75, 3.05) is 6.54 Å². The molecule has 20 heavy (non-hydrogen) atoms. The minimum absolute atomic E-state index is 0.329. The first-order valence-electron chi connectivity index (χ1n) is 7.41. The third-order valence-corrected chi connectivity index (χ3v) is 4.40. The summed E-state index contributed by atoms with van der Waals surface area (Å²) in [5.74, 6) is 0.578. The van der Waals surface area contributed by atoms with Crippen molar-refractivity contribution in [3.05, 3.63) is 40.9 Å². The SMILES string of the molecule is CCCNC(C)c1csc(-c2ccc(C(C)C)cc2)n1. The first kappa shape index (κ1) is 15.2. The maximum absolute atomic E-state index is 4.76. The first-order chi connectivity index (χ1) is 9.61. The number of nitrogens with zero attached hydrogens (tertiary/aromatic N) is 1. The molecule has 2 rings (SSSR count). The molecule has 108 valence electrons. The van der Waals surface area contributed by atoms with Gasteiger partial charge in [-0.25, -0.2) is 4.98 Å². The largest absolute Gasteiger partial charge is 0.309 e. The van der Waals surface area contributed by atoms with Crippen LogP contribution >= 0.6 is 11.3 Å². The van der Waals surface area contributed by atoms with Crippen molar-refractivity contribution in [1.29, 1.82) is 0 Å². The molecule has 0 aliphatic carbocycles. The monoisotopic (exact) mass is 288 g/mol. The Morgan fingerprint density at radius 2 is 1.85 bits per heavy atom. The maximum atomic E-state index is 4.76. The minimum Gasteiger partial charge on any atom is -0.309 e. The fourth-order valence-electron chi connectivity index (χ4n) is 2.09. The van der Waals surface area contributed by atoms with Crippen LogP contribution in [-0.4, -0.2) is 11.5 Å².